The highest BCUT2D eigenvalue weighted by Crippen LogP contribution is 2.23. The molecule has 1 aliphatic rings. The van der Waals surface area contributed by atoms with Crippen LogP contribution in [0.2, 0.25) is 0 Å². The van der Waals surface area contributed by atoms with Gasteiger partial charge in [0.05, 0.1) is 0 Å². The molecule has 20 heavy (non-hydrogen) atoms. The van der Waals surface area contributed by atoms with E-state index in [-0.39, 0.29) is 0 Å². The van der Waals surface area contributed by atoms with Crippen LogP contribution < -0.4 is 10.2 Å². The van der Waals surface area contributed by atoms with Gasteiger partial charge in [0.1, 0.15) is 5.82 Å². The van der Waals surface area contributed by atoms with Crippen LogP contribution in [-0.4, -0.2) is 24.6 Å². The van der Waals surface area contributed by atoms with E-state index in [0.717, 1.165) is 44.9 Å². The van der Waals surface area contributed by atoms with E-state index in [0.29, 0.717) is 0 Å². The first kappa shape index (κ1) is 15.3. The number of hydrogen-bond donors (Lipinski definition) is 1. The predicted octanol–water partition coefficient (Wildman–Crippen LogP) is 3.38. The van der Waals surface area contributed by atoms with Gasteiger partial charge in [-0.2, -0.15) is 0 Å². The summed E-state index contributed by atoms with van der Waals surface area (Å²) in [6, 6.07) is 4.55. The Morgan fingerprint density at radius 2 is 2.15 bits per heavy atom. The predicted molar refractivity (Wildman–Crippen MR) is 86.2 cm³/mol. The number of nitrogens with one attached hydrogen (secondary N) is 1. The van der Waals surface area contributed by atoms with Gasteiger partial charge in [-0.15, -0.1) is 0 Å². The topological polar surface area (TPSA) is 28.2 Å². The fourth-order valence-electron chi connectivity index (χ4n) is 2.83. The molecule has 1 fully saturated rings. The molecule has 1 atom stereocenters. The van der Waals surface area contributed by atoms with Crippen molar-refractivity contribution in [3.8, 4) is 0 Å². The van der Waals surface area contributed by atoms with Crippen molar-refractivity contribution in [3.63, 3.8) is 0 Å². The van der Waals surface area contributed by atoms with Crippen LogP contribution in [0.5, 0.6) is 0 Å². The maximum atomic E-state index is 4.87. The molecule has 1 saturated heterocycles. The average Bonchev–Trinajstić information content (AvgIpc) is 2.86. The van der Waals surface area contributed by atoms with E-state index in [1.807, 2.05) is 0 Å². The van der Waals surface area contributed by atoms with Gasteiger partial charge in [-0.1, -0.05) is 27.2 Å². The number of pyridine rings is 1. The molecule has 0 aliphatic carbocycles. The van der Waals surface area contributed by atoms with E-state index >= 15 is 0 Å². The molecule has 1 N–H and O–H groups in total. The van der Waals surface area contributed by atoms with Gasteiger partial charge in [0.2, 0.25) is 0 Å². The maximum absolute atomic E-state index is 4.87. The monoisotopic (exact) mass is 275 g/mol. The van der Waals surface area contributed by atoms with Crippen molar-refractivity contribution in [2.75, 3.05) is 24.5 Å². The standard InChI is InChI=1S/C17H29N3/c1-4-6-16-10-15(12-18-8-5-2)11-17(19-16)20-9-7-14(3)13-20/h10-11,14,18H,4-9,12-13H2,1-3H3. The molecule has 112 valence electrons. The summed E-state index contributed by atoms with van der Waals surface area (Å²) in [4.78, 5) is 7.32. The smallest absolute Gasteiger partial charge is 0.129 e. The summed E-state index contributed by atoms with van der Waals surface area (Å²) in [7, 11) is 0. The number of nitrogens with zero attached hydrogens (tertiary/aromatic N) is 2. The zero-order valence-electron chi connectivity index (χ0n) is 13.3. The number of rotatable bonds is 7. The first-order chi connectivity index (χ1) is 9.72. The molecule has 0 bridgehead atoms. The first-order valence-corrected chi connectivity index (χ1v) is 8.18. The lowest BCUT2D eigenvalue weighted by atomic mass is 10.1. The third-order valence-electron chi connectivity index (χ3n) is 3.93. The molecule has 1 aromatic rings. The fourth-order valence-corrected chi connectivity index (χ4v) is 2.83. The van der Waals surface area contributed by atoms with Gasteiger partial charge in [-0.25, -0.2) is 4.98 Å². The van der Waals surface area contributed by atoms with E-state index < -0.39 is 0 Å². The van der Waals surface area contributed by atoms with Gasteiger partial charge < -0.3 is 10.2 Å². The Kier molecular flexibility index (Phi) is 5.84. The van der Waals surface area contributed by atoms with E-state index in [1.54, 1.807) is 0 Å². The van der Waals surface area contributed by atoms with Gasteiger partial charge in [0.15, 0.2) is 0 Å². The van der Waals surface area contributed by atoms with Crippen LogP contribution >= 0.6 is 0 Å². The molecule has 0 spiro atoms. The van der Waals surface area contributed by atoms with Crippen LogP contribution in [0.1, 0.15) is 51.3 Å². The molecule has 3 heteroatoms. The Morgan fingerprint density at radius 3 is 2.80 bits per heavy atom. The van der Waals surface area contributed by atoms with Gasteiger partial charge in [-0.05, 0) is 49.4 Å². The van der Waals surface area contributed by atoms with Crippen LogP contribution in [0.4, 0.5) is 5.82 Å². The molecule has 3 nitrogen and oxygen atoms in total. The maximum Gasteiger partial charge on any atom is 0.129 e. The Morgan fingerprint density at radius 1 is 1.30 bits per heavy atom. The first-order valence-electron chi connectivity index (χ1n) is 8.18. The molecule has 1 aliphatic heterocycles. The molecule has 0 aromatic carbocycles. The number of anilines is 1. The molecular weight excluding hydrogens is 246 g/mol. The van der Waals surface area contributed by atoms with Crippen molar-refractivity contribution >= 4 is 5.82 Å². The largest absolute Gasteiger partial charge is 0.356 e. The lowest BCUT2D eigenvalue weighted by Crippen LogP contribution is -2.22. The van der Waals surface area contributed by atoms with Gasteiger partial charge >= 0.3 is 0 Å². The molecule has 2 heterocycles. The van der Waals surface area contributed by atoms with Crippen molar-refractivity contribution < 1.29 is 0 Å². The SMILES string of the molecule is CCCNCc1cc(CCC)nc(N2CCC(C)C2)c1. The highest BCUT2D eigenvalue weighted by Gasteiger charge is 2.20. The summed E-state index contributed by atoms with van der Waals surface area (Å²) >= 11 is 0. The van der Waals surface area contributed by atoms with E-state index in [1.165, 1.54) is 29.9 Å². The zero-order valence-corrected chi connectivity index (χ0v) is 13.3. The van der Waals surface area contributed by atoms with Crippen LogP contribution in [-0.2, 0) is 13.0 Å². The third-order valence-corrected chi connectivity index (χ3v) is 3.93. The number of aromatic nitrogens is 1. The number of aryl methyl sites for hydroxylation is 1. The van der Waals surface area contributed by atoms with Gasteiger partial charge in [0, 0.05) is 25.3 Å². The molecule has 1 unspecified atom stereocenters. The number of hydrogen-bond acceptors (Lipinski definition) is 3. The van der Waals surface area contributed by atoms with Crippen molar-refractivity contribution in [1.29, 1.82) is 0 Å². The molecular formula is C17H29N3. The molecule has 1 aromatic heterocycles. The summed E-state index contributed by atoms with van der Waals surface area (Å²) in [5.41, 5.74) is 2.63. The summed E-state index contributed by atoms with van der Waals surface area (Å²) in [6.07, 6.45) is 4.72. The van der Waals surface area contributed by atoms with Crippen molar-refractivity contribution in [3.05, 3.63) is 23.4 Å². The van der Waals surface area contributed by atoms with Crippen LogP contribution in [0.3, 0.4) is 0 Å². The molecule has 0 radical (unpaired) electrons. The molecule has 0 saturated carbocycles. The van der Waals surface area contributed by atoms with Crippen LogP contribution in [0.15, 0.2) is 12.1 Å². The minimum absolute atomic E-state index is 0.799. The van der Waals surface area contributed by atoms with Crippen molar-refractivity contribution in [2.45, 2.75) is 53.0 Å². The minimum atomic E-state index is 0.799. The second-order valence-electron chi connectivity index (χ2n) is 6.09. The van der Waals surface area contributed by atoms with Crippen molar-refractivity contribution in [1.82, 2.24) is 10.3 Å². The van der Waals surface area contributed by atoms with Crippen LogP contribution in [0.25, 0.3) is 0 Å². The van der Waals surface area contributed by atoms with E-state index in [4.69, 9.17) is 4.98 Å². The average molecular weight is 275 g/mol. The van der Waals surface area contributed by atoms with E-state index in [9.17, 15) is 0 Å². The molecule has 0 amide bonds. The Balaban J connectivity index is 2.12. The normalized spacial score (nSPS) is 18.8. The Labute approximate surface area is 123 Å². The fraction of sp³-hybridized carbons (Fsp3) is 0.706. The Bertz CT molecular complexity index is 417. The van der Waals surface area contributed by atoms with Gasteiger partial charge in [0.25, 0.3) is 0 Å². The third kappa shape index (κ3) is 4.20. The minimum Gasteiger partial charge on any atom is -0.356 e. The second kappa shape index (κ2) is 7.63. The quantitative estimate of drug-likeness (QED) is 0.773. The summed E-state index contributed by atoms with van der Waals surface area (Å²) in [5, 5.41) is 3.50. The highest BCUT2D eigenvalue weighted by molar-refractivity contribution is 5.44. The summed E-state index contributed by atoms with van der Waals surface area (Å²) < 4.78 is 0. The van der Waals surface area contributed by atoms with Gasteiger partial charge in [-0.3, -0.25) is 0 Å². The summed E-state index contributed by atoms with van der Waals surface area (Å²) in [6.45, 7) is 11.1. The Hall–Kier alpha value is -1.09. The van der Waals surface area contributed by atoms with Crippen molar-refractivity contribution in [2.24, 2.45) is 5.92 Å². The van der Waals surface area contributed by atoms with E-state index in [2.05, 4.69) is 43.1 Å². The summed E-state index contributed by atoms with van der Waals surface area (Å²) in [5.74, 6) is 1.99. The second-order valence-corrected chi connectivity index (χ2v) is 6.09. The lowest BCUT2D eigenvalue weighted by molar-refractivity contribution is 0.658. The lowest BCUT2D eigenvalue weighted by Gasteiger charge is -2.19. The molecule has 2 rings (SSSR count). The van der Waals surface area contributed by atoms with Crippen LogP contribution in [0, 0.1) is 5.92 Å². The zero-order chi connectivity index (χ0) is 14.4. The highest BCUT2D eigenvalue weighted by atomic mass is 15.2.